The number of allylic oxidation sites excluding steroid dienone is 1. The van der Waals surface area contributed by atoms with Gasteiger partial charge in [-0.05, 0) is 70.4 Å². The molecule has 3 aromatic carbocycles. The molecule has 0 saturated carbocycles. The number of aryl methyl sites for hydroxylation is 2. The fraction of sp³-hybridized carbons (Fsp3) is 0.300. The van der Waals surface area contributed by atoms with Crippen molar-refractivity contribution in [3.8, 4) is 28.8 Å². The number of hydrogen-bond acceptors (Lipinski definition) is 5. The van der Waals surface area contributed by atoms with Crippen LogP contribution in [0.5, 0.6) is 17.2 Å². The van der Waals surface area contributed by atoms with Crippen molar-refractivity contribution in [2.24, 2.45) is 5.92 Å². The van der Waals surface area contributed by atoms with Crippen LogP contribution < -0.4 is 9.47 Å². The molecule has 0 aliphatic heterocycles. The Morgan fingerprint density at radius 2 is 1.71 bits per heavy atom. The Hall–Kier alpha value is -4.19. The number of para-hydroxylation sites is 1. The van der Waals surface area contributed by atoms with Crippen LogP contribution in [-0.2, 0) is 21.1 Å². The first-order chi connectivity index (χ1) is 22.6. The molecule has 0 amide bonds. The van der Waals surface area contributed by atoms with E-state index in [9.17, 15) is 0 Å². The minimum atomic E-state index is 0. The van der Waals surface area contributed by atoms with E-state index < -0.39 is 0 Å². The quantitative estimate of drug-likeness (QED) is 0.119. The molecule has 1 aliphatic carbocycles. The first-order valence-electron chi connectivity index (χ1n) is 16.2. The van der Waals surface area contributed by atoms with E-state index in [-0.39, 0.29) is 21.1 Å². The Labute approximate surface area is 297 Å². The van der Waals surface area contributed by atoms with E-state index in [1.807, 2.05) is 35.0 Å². The molecule has 7 rings (SSSR count). The standard InChI is InChI=1S/C40H41N5O2.Pt/c1-24-17-30(45-28(5)40(27(4)42-45)39-25(2)19-29(43(6)7)20-26(39)3)21-33(18-24)47-32-13-14-35-34-11-9-10-12-36(34)44(37(35)22-32)38-23-31(46-8)15-16-41-38;/h9-19,23,26,29,39H,20H2,1-8H3;/q-2;+2/t26-,29-,39?;/m0./s1. The Morgan fingerprint density at radius 3 is 2.46 bits per heavy atom. The van der Waals surface area contributed by atoms with E-state index in [1.165, 1.54) is 11.1 Å². The van der Waals surface area contributed by atoms with Crippen LogP contribution in [0, 0.1) is 38.8 Å². The first-order valence-corrected chi connectivity index (χ1v) is 16.2. The minimum Gasteiger partial charge on any atom is -0.509 e. The zero-order valence-electron chi connectivity index (χ0n) is 28.7. The van der Waals surface area contributed by atoms with Gasteiger partial charge in [0.1, 0.15) is 11.6 Å². The van der Waals surface area contributed by atoms with Gasteiger partial charge in [-0.1, -0.05) is 49.2 Å². The van der Waals surface area contributed by atoms with Crippen LogP contribution in [0.15, 0.2) is 78.5 Å². The van der Waals surface area contributed by atoms with Crippen LogP contribution in [0.4, 0.5) is 0 Å². The summed E-state index contributed by atoms with van der Waals surface area (Å²) >= 11 is 0. The van der Waals surface area contributed by atoms with Gasteiger partial charge in [0.15, 0.2) is 0 Å². The maximum Gasteiger partial charge on any atom is 2.00 e. The molecule has 6 aromatic rings. The SMILES string of the molecule is COc1ccnc(-n2c3[c-]c(Oc4[c-]c(-n5nc(C)c(C6C(C)=C[C@H](N(C)C)C[C@@H]6C)c5C)cc(C)c4)ccc3c3ccccc32)c1.[Pt+2]. The summed E-state index contributed by atoms with van der Waals surface area (Å²) < 4.78 is 16.1. The zero-order valence-corrected chi connectivity index (χ0v) is 31.0. The average Bonchev–Trinajstić information content (AvgIpc) is 3.53. The molecule has 1 aliphatic rings. The fourth-order valence-electron chi connectivity index (χ4n) is 7.42. The maximum absolute atomic E-state index is 6.50. The summed E-state index contributed by atoms with van der Waals surface area (Å²) in [6.45, 7) is 11.0. The van der Waals surface area contributed by atoms with E-state index in [0.717, 1.165) is 62.4 Å². The van der Waals surface area contributed by atoms with Crippen LogP contribution in [0.3, 0.4) is 0 Å². The van der Waals surface area contributed by atoms with E-state index in [4.69, 9.17) is 14.6 Å². The van der Waals surface area contributed by atoms with Crippen LogP contribution in [0.1, 0.15) is 48.7 Å². The summed E-state index contributed by atoms with van der Waals surface area (Å²) in [5.41, 5.74) is 8.78. The van der Waals surface area contributed by atoms with Gasteiger partial charge in [0.25, 0.3) is 0 Å². The van der Waals surface area contributed by atoms with E-state index in [0.29, 0.717) is 29.4 Å². The molecular weight excluding hydrogens is 778 g/mol. The average molecular weight is 819 g/mol. The smallest absolute Gasteiger partial charge is 0.509 e. The van der Waals surface area contributed by atoms with Crippen molar-refractivity contribution in [2.45, 2.75) is 53.0 Å². The number of benzene rings is 3. The molecule has 8 heteroatoms. The molecule has 0 saturated heterocycles. The van der Waals surface area contributed by atoms with Crippen molar-refractivity contribution in [1.82, 2.24) is 24.2 Å². The van der Waals surface area contributed by atoms with Crippen molar-refractivity contribution in [3.63, 3.8) is 0 Å². The largest absolute Gasteiger partial charge is 2.00 e. The Bertz CT molecular complexity index is 2160. The molecule has 48 heavy (non-hydrogen) atoms. The number of hydrogen-bond donors (Lipinski definition) is 0. The van der Waals surface area contributed by atoms with E-state index in [2.05, 4.69) is 112 Å². The molecule has 3 atom stereocenters. The number of rotatable bonds is 7. The van der Waals surface area contributed by atoms with Gasteiger partial charge in [-0.15, -0.1) is 35.7 Å². The normalized spacial score (nSPS) is 17.9. The first kappa shape index (κ1) is 33.7. The molecule has 0 spiro atoms. The second-order valence-corrected chi connectivity index (χ2v) is 13.1. The molecule has 3 aromatic heterocycles. The van der Waals surface area contributed by atoms with Gasteiger partial charge in [-0.3, -0.25) is 4.68 Å². The summed E-state index contributed by atoms with van der Waals surface area (Å²) in [7, 11) is 5.99. The Morgan fingerprint density at radius 1 is 0.917 bits per heavy atom. The van der Waals surface area contributed by atoms with Crippen molar-refractivity contribution < 1.29 is 30.5 Å². The topological polar surface area (TPSA) is 57.3 Å². The third-order valence-electron chi connectivity index (χ3n) is 9.61. The van der Waals surface area contributed by atoms with Gasteiger partial charge in [-0.25, -0.2) is 4.98 Å². The van der Waals surface area contributed by atoms with E-state index >= 15 is 0 Å². The van der Waals surface area contributed by atoms with Crippen molar-refractivity contribution >= 4 is 21.8 Å². The zero-order chi connectivity index (χ0) is 33.0. The monoisotopic (exact) mass is 818 g/mol. The van der Waals surface area contributed by atoms with E-state index in [1.54, 1.807) is 13.3 Å². The number of ether oxygens (including phenoxy) is 2. The molecule has 0 radical (unpaired) electrons. The van der Waals surface area contributed by atoms with Crippen LogP contribution in [0.25, 0.3) is 33.3 Å². The second-order valence-electron chi connectivity index (χ2n) is 13.1. The van der Waals surface area contributed by atoms with Crippen molar-refractivity contribution in [2.75, 3.05) is 21.2 Å². The maximum atomic E-state index is 6.50. The van der Waals surface area contributed by atoms with Crippen LogP contribution in [0.2, 0.25) is 0 Å². The van der Waals surface area contributed by atoms with Crippen LogP contribution in [-0.4, -0.2) is 51.5 Å². The molecule has 0 N–H and O–H groups in total. The second kappa shape index (κ2) is 13.4. The van der Waals surface area contributed by atoms with Gasteiger partial charge < -0.3 is 18.9 Å². The summed E-state index contributed by atoms with van der Waals surface area (Å²) in [4.78, 5) is 6.99. The van der Waals surface area contributed by atoms with Crippen molar-refractivity contribution in [3.05, 3.63) is 113 Å². The fourth-order valence-corrected chi connectivity index (χ4v) is 7.42. The predicted molar refractivity (Wildman–Crippen MR) is 188 cm³/mol. The predicted octanol–water partition coefficient (Wildman–Crippen LogP) is 8.69. The van der Waals surface area contributed by atoms with Crippen molar-refractivity contribution in [1.29, 1.82) is 0 Å². The van der Waals surface area contributed by atoms with Gasteiger partial charge in [0.2, 0.25) is 0 Å². The summed E-state index contributed by atoms with van der Waals surface area (Å²) in [6, 6.07) is 27.8. The minimum absolute atomic E-state index is 0. The number of nitrogens with zero attached hydrogens (tertiary/aromatic N) is 5. The molecule has 3 heterocycles. The third kappa shape index (κ3) is 5.99. The number of likely N-dealkylation sites (N-methyl/N-ethyl adjacent to an activating group) is 1. The van der Waals surface area contributed by atoms with Gasteiger partial charge in [0, 0.05) is 52.5 Å². The summed E-state index contributed by atoms with van der Waals surface area (Å²) in [5, 5.41) is 7.25. The Kier molecular flexibility index (Phi) is 9.39. The van der Waals surface area contributed by atoms with Gasteiger partial charge in [-0.2, -0.15) is 16.7 Å². The van der Waals surface area contributed by atoms with Crippen LogP contribution >= 0.6 is 0 Å². The molecule has 248 valence electrons. The Balaban J connectivity index is 0.00000401. The third-order valence-corrected chi connectivity index (χ3v) is 9.61. The molecule has 0 bridgehead atoms. The molecule has 7 nitrogen and oxygen atoms in total. The number of methoxy groups -OCH3 is 1. The number of fused-ring (bicyclic) bond motifs is 3. The number of pyridine rings is 1. The molecular formula is C40H41N5O2Pt. The summed E-state index contributed by atoms with van der Waals surface area (Å²) in [5.74, 6) is 3.55. The van der Waals surface area contributed by atoms with Gasteiger partial charge in [0.05, 0.1) is 12.8 Å². The summed E-state index contributed by atoms with van der Waals surface area (Å²) in [6.07, 6.45) is 5.32. The molecule has 0 fully saturated rings. The number of aromatic nitrogens is 4. The molecule has 1 unspecified atom stereocenters. The van der Waals surface area contributed by atoms with Gasteiger partial charge >= 0.3 is 21.1 Å².